The number of para-hydroxylation sites is 2. The fraction of sp³-hybridized carbons (Fsp3) is 0.188. The minimum Gasteiger partial charge on any atom is -0.493 e. The summed E-state index contributed by atoms with van der Waals surface area (Å²) in [6.45, 7) is 2.32. The van der Waals surface area contributed by atoms with Gasteiger partial charge in [-0.15, -0.1) is 11.3 Å². The lowest BCUT2D eigenvalue weighted by atomic mass is 10.3. The van der Waals surface area contributed by atoms with Crippen molar-refractivity contribution in [3.05, 3.63) is 44.7 Å². The number of aromatic nitrogens is 1. The average Bonchev–Trinajstić information content (AvgIpc) is 3.04. The molecule has 124 valence electrons. The third kappa shape index (κ3) is 2.94. The molecule has 2 heterocycles. The van der Waals surface area contributed by atoms with E-state index in [1.807, 2.05) is 36.1 Å². The number of hydrogen-bond acceptors (Lipinski definition) is 6. The second kappa shape index (κ2) is 6.52. The number of hydrogen-bond donors (Lipinski definition) is 2. The minimum absolute atomic E-state index is 0.181. The molecule has 0 unspecified atom stereocenters. The standard InChI is InChI=1S/C16H14N2O4S2/c1-2-17-10-5-3-4-6-11(10)22-13(17)8-7-12-15(21)18(9-14(19)20)16(23)24-12/h3-7,21H,2,9H2,1H3,(H,19,20). The molecule has 0 spiro atoms. The van der Waals surface area contributed by atoms with Crippen LogP contribution in [-0.2, 0) is 11.3 Å². The Morgan fingerprint density at radius 1 is 1.46 bits per heavy atom. The van der Waals surface area contributed by atoms with Crippen molar-refractivity contribution >= 4 is 41.3 Å². The van der Waals surface area contributed by atoms with E-state index in [2.05, 4.69) is 5.73 Å². The van der Waals surface area contributed by atoms with Gasteiger partial charge in [0.2, 0.25) is 11.8 Å². The number of thiazole rings is 1. The lowest BCUT2D eigenvalue weighted by Gasteiger charge is -2.13. The molecule has 0 saturated heterocycles. The molecule has 24 heavy (non-hydrogen) atoms. The van der Waals surface area contributed by atoms with E-state index in [1.165, 1.54) is 4.57 Å². The van der Waals surface area contributed by atoms with E-state index in [9.17, 15) is 9.90 Å². The van der Waals surface area contributed by atoms with Crippen molar-refractivity contribution in [3.8, 4) is 11.6 Å². The van der Waals surface area contributed by atoms with Crippen LogP contribution in [0.4, 0.5) is 5.69 Å². The second-order valence-electron chi connectivity index (χ2n) is 4.94. The average molecular weight is 362 g/mol. The molecule has 1 aromatic carbocycles. The molecule has 1 aliphatic heterocycles. The van der Waals surface area contributed by atoms with E-state index in [-0.39, 0.29) is 16.4 Å². The van der Waals surface area contributed by atoms with Gasteiger partial charge in [0, 0.05) is 12.6 Å². The van der Waals surface area contributed by atoms with Gasteiger partial charge >= 0.3 is 5.97 Å². The van der Waals surface area contributed by atoms with Gasteiger partial charge in [-0.1, -0.05) is 17.9 Å². The summed E-state index contributed by atoms with van der Waals surface area (Å²) in [6.07, 6.45) is 1.55. The Morgan fingerprint density at radius 3 is 2.92 bits per heavy atom. The normalized spacial score (nSPS) is 12.5. The quantitative estimate of drug-likeness (QED) is 0.641. The Kier molecular flexibility index (Phi) is 4.44. The summed E-state index contributed by atoms with van der Waals surface area (Å²) in [5.74, 6) is 0.0108. The molecule has 0 bridgehead atoms. The Labute approximate surface area is 147 Å². The maximum Gasteiger partial charge on any atom is 0.323 e. The number of benzene rings is 1. The van der Waals surface area contributed by atoms with Crippen molar-refractivity contribution in [2.75, 3.05) is 11.4 Å². The van der Waals surface area contributed by atoms with Gasteiger partial charge < -0.3 is 19.8 Å². The topological polar surface area (TPSA) is 74.9 Å². The summed E-state index contributed by atoms with van der Waals surface area (Å²) in [5.41, 5.74) is 3.97. The first kappa shape index (κ1) is 16.3. The van der Waals surface area contributed by atoms with Gasteiger partial charge in [-0.2, -0.15) is 0 Å². The van der Waals surface area contributed by atoms with Crippen molar-refractivity contribution in [2.45, 2.75) is 13.5 Å². The molecule has 0 atom stereocenters. The van der Waals surface area contributed by atoms with Crippen LogP contribution in [0.2, 0.25) is 0 Å². The SMILES string of the molecule is CCN1C(=C=Cc2sc(=S)n(CC(=O)O)c2O)Oc2ccccc21. The molecule has 1 aliphatic rings. The van der Waals surface area contributed by atoms with Crippen LogP contribution in [0, 0.1) is 3.95 Å². The largest absolute Gasteiger partial charge is 0.493 e. The smallest absolute Gasteiger partial charge is 0.323 e. The van der Waals surface area contributed by atoms with Crippen molar-refractivity contribution in [1.29, 1.82) is 0 Å². The van der Waals surface area contributed by atoms with Gasteiger partial charge in [-0.25, -0.2) is 0 Å². The second-order valence-corrected chi connectivity index (χ2v) is 6.62. The summed E-state index contributed by atoms with van der Waals surface area (Å²) in [5, 5.41) is 19.0. The zero-order valence-corrected chi connectivity index (χ0v) is 14.4. The number of anilines is 1. The van der Waals surface area contributed by atoms with E-state index in [0.29, 0.717) is 17.3 Å². The highest BCUT2D eigenvalue weighted by Gasteiger charge is 2.24. The van der Waals surface area contributed by atoms with Gasteiger partial charge in [0.25, 0.3) is 0 Å². The number of fused-ring (bicyclic) bond motifs is 1. The number of aliphatic carboxylic acids is 1. The predicted molar refractivity (Wildman–Crippen MR) is 94.0 cm³/mol. The van der Waals surface area contributed by atoms with Crippen LogP contribution in [0.25, 0.3) is 6.08 Å². The molecular weight excluding hydrogens is 348 g/mol. The lowest BCUT2D eigenvalue weighted by Crippen LogP contribution is -2.18. The Balaban J connectivity index is 1.98. The van der Waals surface area contributed by atoms with Crippen LogP contribution in [0.15, 0.2) is 35.9 Å². The van der Waals surface area contributed by atoms with E-state index < -0.39 is 5.97 Å². The maximum absolute atomic E-state index is 10.8. The molecule has 0 amide bonds. The highest BCUT2D eigenvalue weighted by molar-refractivity contribution is 7.73. The highest BCUT2D eigenvalue weighted by atomic mass is 32.1. The van der Waals surface area contributed by atoms with E-state index in [0.717, 1.165) is 22.8 Å². The molecule has 6 nitrogen and oxygen atoms in total. The van der Waals surface area contributed by atoms with Crippen LogP contribution >= 0.6 is 23.6 Å². The Bertz CT molecular complexity index is 922. The number of carbonyl (C=O) groups is 1. The summed E-state index contributed by atoms with van der Waals surface area (Å²) in [6, 6.07) is 7.65. The molecular formula is C16H14N2O4S2. The van der Waals surface area contributed by atoms with Gasteiger partial charge in [0.15, 0.2) is 9.70 Å². The van der Waals surface area contributed by atoms with Crippen LogP contribution < -0.4 is 9.64 Å². The highest BCUT2D eigenvalue weighted by Crippen LogP contribution is 2.38. The van der Waals surface area contributed by atoms with E-state index >= 15 is 0 Å². The summed E-state index contributed by atoms with van der Waals surface area (Å²) in [7, 11) is 0. The molecule has 1 aromatic heterocycles. The minimum atomic E-state index is -1.07. The zero-order valence-electron chi connectivity index (χ0n) is 12.7. The predicted octanol–water partition coefficient (Wildman–Crippen LogP) is 3.44. The van der Waals surface area contributed by atoms with Crippen LogP contribution in [-0.4, -0.2) is 27.3 Å². The van der Waals surface area contributed by atoms with Gasteiger partial charge in [-0.3, -0.25) is 9.36 Å². The number of carboxylic acid groups (broad SMARTS) is 1. The maximum atomic E-state index is 10.8. The fourth-order valence-electron chi connectivity index (χ4n) is 2.37. The summed E-state index contributed by atoms with van der Waals surface area (Å²) < 4.78 is 7.23. The molecule has 2 N–H and O–H groups in total. The molecule has 0 saturated carbocycles. The molecule has 8 heteroatoms. The first-order valence-corrected chi connectivity index (χ1v) is 8.39. The Morgan fingerprint density at radius 2 is 2.21 bits per heavy atom. The Hall–Kier alpha value is -2.54. The monoisotopic (exact) mass is 362 g/mol. The third-order valence-electron chi connectivity index (χ3n) is 3.44. The van der Waals surface area contributed by atoms with Gasteiger partial charge in [0.1, 0.15) is 6.54 Å². The molecule has 2 aromatic rings. The van der Waals surface area contributed by atoms with Crippen LogP contribution in [0.5, 0.6) is 11.6 Å². The van der Waals surface area contributed by atoms with Crippen molar-refractivity contribution in [2.24, 2.45) is 0 Å². The van der Waals surface area contributed by atoms with Gasteiger partial charge in [0.05, 0.1) is 10.6 Å². The molecule has 0 fully saturated rings. The van der Waals surface area contributed by atoms with Crippen LogP contribution in [0.1, 0.15) is 11.8 Å². The lowest BCUT2D eigenvalue weighted by molar-refractivity contribution is -0.137. The van der Waals surface area contributed by atoms with E-state index in [1.54, 1.807) is 6.08 Å². The van der Waals surface area contributed by atoms with Crippen molar-refractivity contribution < 1.29 is 19.7 Å². The molecule has 3 rings (SSSR count). The van der Waals surface area contributed by atoms with Gasteiger partial charge in [-0.05, 0) is 31.3 Å². The number of nitrogens with zero attached hydrogens (tertiary/aromatic N) is 2. The zero-order chi connectivity index (χ0) is 17.3. The first-order valence-electron chi connectivity index (χ1n) is 7.16. The number of carboxylic acids is 1. The van der Waals surface area contributed by atoms with Crippen LogP contribution in [0.3, 0.4) is 0 Å². The third-order valence-corrected chi connectivity index (χ3v) is 4.82. The number of ether oxygens (including phenoxy) is 1. The summed E-state index contributed by atoms with van der Waals surface area (Å²) >= 11 is 6.21. The van der Waals surface area contributed by atoms with Crippen molar-refractivity contribution in [1.82, 2.24) is 4.57 Å². The number of aromatic hydroxyl groups is 1. The molecule has 0 radical (unpaired) electrons. The van der Waals surface area contributed by atoms with E-state index in [4.69, 9.17) is 22.1 Å². The number of rotatable bonds is 4. The molecule has 0 aliphatic carbocycles. The van der Waals surface area contributed by atoms with Crippen molar-refractivity contribution in [3.63, 3.8) is 0 Å². The fourth-order valence-corrected chi connectivity index (χ4v) is 3.56. The first-order chi connectivity index (χ1) is 11.5. The summed E-state index contributed by atoms with van der Waals surface area (Å²) in [4.78, 5) is 13.2.